The molecule has 13 atom stereocenters. The van der Waals surface area contributed by atoms with E-state index in [4.69, 9.17) is 4.74 Å². The first-order valence-corrected chi connectivity index (χ1v) is 36.2. The number of nitrogens with one attached hydrogen (secondary N) is 6. The summed E-state index contributed by atoms with van der Waals surface area (Å²) in [5, 5.41) is 126. The lowest BCUT2D eigenvalue weighted by Crippen LogP contribution is -2.64. The predicted molar refractivity (Wildman–Crippen MR) is 354 cm³/mol. The third-order valence-electron chi connectivity index (χ3n) is 20.6. The molecule has 0 radical (unpaired) electrons. The molecule has 9 rings (SSSR count). The first-order chi connectivity index (χ1) is 46.7. The maximum absolute atomic E-state index is 15.0. The van der Waals surface area contributed by atoms with Crippen LogP contribution in [0.3, 0.4) is 0 Å². The Bertz CT molecular complexity index is 3310. The molecule has 33 heteroatoms. The summed E-state index contributed by atoms with van der Waals surface area (Å²) in [6.07, 6.45) is -1.01. The molecule has 6 amide bonds. The van der Waals surface area contributed by atoms with Crippen LogP contribution in [0.15, 0.2) is 42.5 Å². The van der Waals surface area contributed by atoms with Crippen LogP contribution < -0.4 is 41.0 Å². The highest BCUT2D eigenvalue weighted by atomic mass is 32.3. The van der Waals surface area contributed by atoms with E-state index in [1.165, 1.54) is 46.0 Å². The van der Waals surface area contributed by atoms with E-state index in [-0.39, 0.29) is 42.6 Å². The van der Waals surface area contributed by atoms with Gasteiger partial charge in [0.15, 0.2) is 11.5 Å². The number of anilines is 1. The van der Waals surface area contributed by atoms with Crippen LogP contribution >= 0.6 is 11.3 Å². The summed E-state index contributed by atoms with van der Waals surface area (Å²) in [4.78, 5) is 92.5. The van der Waals surface area contributed by atoms with Crippen LogP contribution in [-0.4, -0.2) is 265 Å². The monoisotopic (exact) mass is 1420 g/mol. The fourth-order valence-corrected chi connectivity index (χ4v) is 16.2. The Morgan fingerprint density at radius 2 is 1.43 bits per heavy atom. The minimum absolute atomic E-state index is 0.000583. The van der Waals surface area contributed by atoms with Crippen molar-refractivity contribution in [3.8, 4) is 22.1 Å². The number of β-amino-alcohol motifs (C(OH)–C–C–N with tert-alkyl or cyclic N) is 1. The molecule has 4 aliphatic heterocycles. The number of aromatic hydroxyl groups is 1. The average Bonchev–Trinajstić information content (AvgIpc) is 1.55. The maximum Gasteiger partial charge on any atom is 0.446 e. The Hall–Kier alpha value is -6.31. The van der Waals surface area contributed by atoms with E-state index in [0.29, 0.717) is 18.8 Å². The van der Waals surface area contributed by atoms with E-state index in [9.17, 15) is 87.7 Å². The normalized spacial score (nSPS) is 29.4. The second-order valence-corrected chi connectivity index (χ2v) is 29.4. The van der Waals surface area contributed by atoms with Gasteiger partial charge in [-0.15, -0.1) is 10.2 Å². The number of phenolic OH excluding ortho intramolecular Hbond substituents is 1. The Morgan fingerprint density at radius 1 is 0.765 bits per heavy atom. The minimum Gasteiger partial charge on any atom is -0.504 e. The van der Waals surface area contributed by atoms with Crippen LogP contribution in [0.4, 0.5) is 5.69 Å². The molecule has 31 nitrogen and oxygen atoms in total. The van der Waals surface area contributed by atoms with Crippen molar-refractivity contribution in [2.45, 2.75) is 201 Å². The third-order valence-corrected chi connectivity index (χ3v) is 22.1. The summed E-state index contributed by atoms with van der Waals surface area (Å²) in [5.74, 6) is -8.41. The number of hydrogen-bond donors (Lipinski definition) is 16. The summed E-state index contributed by atoms with van der Waals surface area (Å²) in [7, 11) is -3.35. The summed E-state index contributed by atoms with van der Waals surface area (Å²) in [6.45, 7) is 2.06. The van der Waals surface area contributed by atoms with E-state index in [2.05, 4.69) is 75.4 Å². The van der Waals surface area contributed by atoms with Gasteiger partial charge >= 0.3 is 10.4 Å². The number of amides is 6. The zero-order chi connectivity index (χ0) is 70.8. The molecule has 6 aliphatic rings. The van der Waals surface area contributed by atoms with Crippen LogP contribution in [-0.2, 0) is 50.3 Å². The van der Waals surface area contributed by atoms with Crippen molar-refractivity contribution in [1.29, 1.82) is 0 Å². The molecule has 16 N–H and O–H groups in total. The van der Waals surface area contributed by atoms with Crippen molar-refractivity contribution in [3.63, 3.8) is 0 Å². The standard InChI is InChI=1S/C65H97N11O20S2/c1-35-31-76-55(56(35)85)60(89)68-30-44(80)27-46(67-29-37-9-12-39(13-10-37)61-72-73-62(97-61)40-14-16-43(17-15-40)74-23-20-65(95-3,21-24-74)41-7-5-4-6-8-41)57(86)69-52(36(2)79)63(90)75-32-45(81)28-47(75)58(87)70-53(50(84)25-38-11-18-48(82)51(26-38)96-98(92,93)94)59(88)71-54(64(76)91)49(83)19-22-66-42(33-77)34-78/h11,14-18,26,35-37,39,41-42,44-47,49-50,52-56,66-67,77-85H,4-10,12-13,19-25,27-34H2,1-3H3,(H,68,89)(H,69,86)(H,70,87)(H,71,88)(H,92,93,94)/t35-,36+,37?,39?,44+,45+,46-,47-,49+,50+,52-,53-,54-,55-,56-/m0/s1. The molecule has 0 unspecified atom stereocenters. The zero-order valence-electron chi connectivity index (χ0n) is 55.4. The average molecular weight is 1420 g/mol. The number of piperidine rings is 1. The molecule has 2 aromatic carbocycles. The van der Waals surface area contributed by atoms with E-state index < -0.39 is 194 Å². The molecule has 544 valence electrons. The number of aromatic nitrogens is 2. The number of ether oxygens (including phenoxy) is 1. The van der Waals surface area contributed by atoms with Crippen LogP contribution in [0.25, 0.3) is 10.6 Å². The van der Waals surface area contributed by atoms with Gasteiger partial charge in [0.1, 0.15) is 40.2 Å². The van der Waals surface area contributed by atoms with E-state index in [1.54, 1.807) is 11.3 Å². The van der Waals surface area contributed by atoms with Gasteiger partial charge in [0.05, 0.1) is 67.5 Å². The van der Waals surface area contributed by atoms with Crippen LogP contribution in [0.1, 0.15) is 120 Å². The van der Waals surface area contributed by atoms with Crippen LogP contribution in [0, 0.1) is 17.8 Å². The second kappa shape index (κ2) is 33.9. The highest BCUT2D eigenvalue weighted by Crippen LogP contribution is 2.43. The Morgan fingerprint density at radius 3 is 2.08 bits per heavy atom. The second-order valence-electron chi connectivity index (χ2n) is 27.4. The lowest BCUT2D eigenvalue weighted by molar-refractivity contribution is -0.147. The number of hydrogen-bond acceptors (Lipinski definition) is 25. The van der Waals surface area contributed by atoms with Gasteiger partial charge in [-0.3, -0.25) is 33.3 Å². The fraction of sp³-hybridized carbons (Fsp3) is 0.692. The molecule has 6 fully saturated rings. The van der Waals surface area contributed by atoms with Gasteiger partial charge in [0, 0.05) is 75.8 Å². The van der Waals surface area contributed by atoms with Crippen molar-refractivity contribution in [2.75, 3.05) is 71.0 Å². The molecule has 4 saturated heterocycles. The quantitative estimate of drug-likeness (QED) is 0.0517. The van der Waals surface area contributed by atoms with Gasteiger partial charge in [0.2, 0.25) is 35.4 Å². The minimum atomic E-state index is -5.22. The summed E-state index contributed by atoms with van der Waals surface area (Å²) in [6, 6.07) is -0.318. The van der Waals surface area contributed by atoms with Gasteiger partial charge in [-0.25, -0.2) is 0 Å². The molecule has 2 saturated carbocycles. The van der Waals surface area contributed by atoms with Crippen LogP contribution in [0.5, 0.6) is 11.5 Å². The van der Waals surface area contributed by atoms with Gasteiger partial charge in [-0.2, -0.15) is 8.42 Å². The smallest absolute Gasteiger partial charge is 0.446 e. The molecular formula is C65H97N11O20S2. The number of carbonyl (C=O) groups is 6. The number of carbonyl (C=O) groups excluding carboxylic acids is 6. The van der Waals surface area contributed by atoms with Crippen molar-refractivity contribution in [3.05, 3.63) is 53.0 Å². The van der Waals surface area contributed by atoms with Crippen molar-refractivity contribution < 1.29 is 96.6 Å². The summed E-state index contributed by atoms with van der Waals surface area (Å²) < 4.78 is 43.4. The number of benzene rings is 2. The molecular weight excluding hydrogens is 1320 g/mol. The topological polar surface area (TPSA) is 465 Å². The van der Waals surface area contributed by atoms with E-state index in [0.717, 1.165) is 88.0 Å². The third kappa shape index (κ3) is 18.8. The number of fused-ring (bicyclic) bond motifs is 2. The molecule has 2 aliphatic carbocycles. The Balaban J connectivity index is 0.929. The summed E-state index contributed by atoms with van der Waals surface area (Å²) in [5.41, 5.74) is 1.99. The van der Waals surface area contributed by atoms with Crippen molar-refractivity contribution in [1.82, 2.24) is 51.9 Å². The first-order valence-electron chi connectivity index (χ1n) is 34.0. The summed E-state index contributed by atoms with van der Waals surface area (Å²) >= 11 is 1.55. The molecule has 3 aromatic rings. The molecule has 98 heavy (non-hydrogen) atoms. The predicted octanol–water partition coefficient (Wildman–Crippen LogP) is -1.93. The number of rotatable bonds is 21. The molecule has 5 heterocycles. The Labute approximate surface area is 573 Å². The maximum atomic E-state index is 15.0. The van der Waals surface area contributed by atoms with Crippen molar-refractivity contribution in [2.24, 2.45) is 17.8 Å². The van der Waals surface area contributed by atoms with Gasteiger partial charge in [-0.1, -0.05) is 43.6 Å². The van der Waals surface area contributed by atoms with Crippen LogP contribution in [0.2, 0.25) is 0 Å². The van der Waals surface area contributed by atoms with E-state index in [1.807, 2.05) is 7.11 Å². The molecule has 0 bridgehead atoms. The molecule has 1 aromatic heterocycles. The van der Waals surface area contributed by atoms with Gasteiger partial charge < -0.3 is 101 Å². The lowest BCUT2D eigenvalue weighted by Gasteiger charge is -2.47. The SMILES string of the molecule is COC1(C2CCCCC2)CCN(c2ccc(-c3nnc(C4CCC(CN[C@H]5C[C@@H](O)CNC(=O)[C@@H]6[C@@H](O)[C@@H](C)CN6C(=O)[C@H]([C@H](O)CCNC(CO)CO)NC(=O)[C@H]([C@H](O)Cc6ccc(O)c(OS(=O)(=O)O)c6)NC(=O)[C@@H]6C[C@@H](O)CN6C(=O)[C@H]([C@@H](C)O)NC5=O)CC4)s3)cc2)CC1. The number of aliphatic hydroxyl groups excluding tert-OH is 8. The lowest BCUT2D eigenvalue weighted by atomic mass is 9.72. The number of methoxy groups -OCH3 is 1. The number of phenols is 1. The van der Waals surface area contributed by atoms with Gasteiger partial charge in [0.25, 0.3) is 0 Å². The first kappa shape index (κ1) is 75.9. The van der Waals surface area contributed by atoms with E-state index >= 15 is 0 Å². The largest absolute Gasteiger partial charge is 0.504 e. The zero-order valence-corrected chi connectivity index (χ0v) is 57.1. The van der Waals surface area contributed by atoms with Gasteiger partial charge in [-0.05, 0) is 138 Å². The van der Waals surface area contributed by atoms with Crippen molar-refractivity contribution >= 4 is 62.9 Å². The molecule has 0 spiro atoms. The highest BCUT2D eigenvalue weighted by molar-refractivity contribution is 7.81. The Kier molecular flexibility index (Phi) is 26.3. The highest BCUT2D eigenvalue weighted by Gasteiger charge is 2.50. The number of nitrogens with zero attached hydrogens (tertiary/aromatic N) is 5. The number of aliphatic hydroxyl groups is 8. The fourth-order valence-electron chi connectivity index (χ4n) is 14.8.